The maximum absolute atomic E-state index is 13.2. The number of nitrogens with two attached hydrogens (primary N) is 1. The minimum atomic E-state index is 0.0472. The van der Waals surface area contributed by atoms with Crippen LogP contribution in [0, 0.1) is 6.92 Å². The molecule has 26 heavy (non-hydrogen) atoms. The first kappa shape index (κ1) is 17.4. The molecule has 7 heteroatoms. The third-order valence-electron chi connectivity index (χ3n) is 5.29. The van der Waals surface area contributed by atoms with Gasteiger partial charge in [-0.2, -0.15) is 0 Å². The van der Waals surface area contributed by atoms with E-state index in [0.29, 0.717) is 43.4 Å². The largest absolute Gasteiger partial charge is 0.378 e. The van der Waals surface area contributed by atoms with Crippen molar-refractivity contribution in [2.75, 3.05) is 26.2 Å². The molecule has 0 unspecified atom stereocenters. The molecule has 0 bridgehead atoms. The lowest BCUT2D eigenvalue weighted by atomic mass is 10.0. The summed E-state index contributed by atoms with van der Waals surface area (Å²) in [5, 5.41) is 4.77. The van der Waals surface area contributed by atoms with E-state index in [1.165, 1.54) is 0 Å². The summed E-state index contributed by atoms with van der Waals surface area (Å²) < 4.78 is 11.2. The van der Waals surface area contributed by atoms with Crippen molar-refractivity contribution in [2.24, 2.45) is 5.73 Å². The fourth-order valence-electron chi connectivity index (χ4n) is 3.60. The summed E-state index contributed by atoms with van der Waals surface area (Å²) in [6.45, 7) is 4.62. The summed E-state index contributed by atoms with van der Waals surface area (Å²) >= 11 is 0. The maximum Gasteiger partial charge on any atom is 0.259 e. The van der Waals surface area contributed by atoms with Crippen LogP contribution >= 0.6 is 0 Å². The zero-order chi connectivity index (χ0) is 18.1. The van der Waals surface area contributed by atoms with Gasteiger partial charge in [-0.15, -0.1) is 0 Å². The molecule has 0 radical (unpaired) electrons. The highest BCUT2D eigenvalue weighted by molar-refractivity contribution is 6.06. The van der Waals surface area contributed by atoms with Crippen molar-refractivity contribution < 1.29 is 14.1 Å². The number of amides is 1. The highest BCUT2D eigenvalue weighted by Gasteiger charge is 2.31. The predicted molar refractivity (Wildman–Crippen MR) is 97.1 cm³/mol. The van der Waals surface area contributed by atoms with Crippen LogP contribution in [0.3, 0.4) is 0 Å². The second-order valence-corrected chi connectivity index (χ2v) is 7.32. The summed E-state index contributed by atoms with van der Waals surface area (Å²) in [4.78, 5) is 19.7. The fraction of sp³-hybridized carbons (Fsp3) is 0.632. The van der Waals surface area contributed by atoms with Gasteiger partial charge >= 0.3 is 0 Å². The quantitative estimate of drug-likeness (QED) is 0.797. The number of aromatic nitrogens is 2. The van der Waals surface area contributed by atoms with Crippen molar-refractivity contribution in [3.05, 3.63) is 23.0 Å². The number of nitrogens with zero attached hydrogens (tertiary/aromatic N) is 3. The van der Waals surface area contributed by atoms with Crippen molar-refractivity contribution >= 4 is 17.0 Å². The lowest BCUT2D eigenvalue weighted by molar-refractivity contribution is 0.00849. The molecule has 0 atom stereocenters. The molecule has 7 nitrogen and oxygen atoms in total. The molecule has 2 aliphatic rings. The Kier molecular flexibility index (Phi) is 4.91. The average Bonchev–Trinajstić information content (AvgIpc) is 3.45. The van der Waals surface area contributed by atoms with Crippen molar-refractivity contribution in [2.45, 2.75) is 51.0 Å². The van der Waals surface area contributed by atoms with Crippen molar-refractivity contribution in [3.8, 4) is 0 Å². The number of rotatable bonds is 6. The minimum Gasteiger partial charge on any atom is -0.378 e. The third-order valence-corrected chi connectivity index (χ3v) is 5.29. The lowest BCUT2D eigenvalue weighted by Gasteiger charge is -2.32. The van der Waals surface area contributed by atoms with E-state index in [1.807, 2.05) is 17.9 Å². The van der Waals surface area contributed by atoms with E-state index in [0.717, 1.165) is 48.9 Å². The highest BCUT2D eigenvalue weighted by atomic mass is 16.5. The van der Waals surface area contributed by atoms with E-state index >= 15 is 0 Å². The Morgan fingerprint density at radius 1 is 1.35 bits per heavy atom. The molecular formula is C19H26N4O3. The standard InChI is InChI=1S/C19H26N4O3/c1-12-17-15(11-16(13-3-4-13)21-18(17)26-22-12)19(24)23-8-5-14(6-9-23)25-10-2-7-20/h11,13-14H,2-10,20H2,1H3. The molecule has 0 spiro atoms. The molecule has 4 rings (SSSR count). The molecule has 0 aromatic carbocycles. The van der Waals surface area contributed by atoms with Crippen LogP contribution in [-0.4, -0.2) is 53.3 Å². The summed E-state index contributed by atoms with van der Waals surface area (Å²) in [6, 6.07) is 1.95. The lowest BCUT2D eigenvalue weighted by Crippen LogP contribution is -2.41. The van der Waals surface area contributed by atoms with Crippen LogP contribution in [0.25, 0.3) is 11.1 Å². The number of aryl methyl sites for hydroxylation is 1. The van der Waals surface area contributed by atoms with Crippen molar-refractivity contribution in [1.82, 2.24) is 15.0 Å². The third kappa shape index (κ3) is 3.46. The van der Waals surface area contributed by atoms with Gasteiger partial charge in [-0.05, 0) is 51.6 Å². The van der Waals surface area contributed by atoms with Gasteiger partial charge in [0, 0.05) is 31.3 Å². The molecule has 2 N–H and O–H groups in total. The zero-order valence-corrected chi connectivity index (χ0v) is 15.2. The van der Waals surface area contributed by atoms with Crippen molar-refractivity contribution in [1.29, 1.82) is 0 Å². The summed E-state index contributed by atoms with van der Waals surface area (Å²) in [5.41, 5.74) is 8.34. The first-order chi connectivity index (χ1) is 12.7. The van der Waals surface area contributed by atoms with Crippen LogP contribution < -0.4 is 5.73 Å². The van der Waals surface area contributed by atoms with E-state index in [9.17, 15) is 4.79 Å². The number of ether oxygens (including phenoxy) is 1. The first-order valence-electron chi connectivity index (χ1n) is 9.55. The van der Waals surface area contributed by atoms with Gasteiger partial charge in [0.25, 0.3) is 11.6 Å². The first-order valence-corrected chi connectivity index (χ1v) is 9.55. The van der Waals surface area contributed by atoms with Gasteiger partial charge in [0.2, 0.25) is 0 Å². The number of pyridine rings is 1. The number of hydrogen-bond acceptors (Lipinski definition) is 6. The second-order valence-electron chi connectivity index (χ2n) is 7.32. The van der Waals surface area contributed by atoms with Gasteiger partial charge in [0.15, 0.2) is 0 Å². The number of carbonyl (C=O) groups is 1. The summed E-state index contributed by atoms with van der Waals surface area (Å²) in [7, 11) is 0. The van der Waals surface area contributed by atoms with E-state index in [4.69, 9.17) is 15.0 Å². The van der Waals surface area contributed by atoms with Gasteiger partial charge in [0.05, 0.1) is 22.7 Å². The Bertz CT molecular complexity index is 791. The Morgan fingerprint density at radius 2 is 2.12 bits per heavy atom. The Morgan fingerprint density at radius 3 is 2.81 bits per heavy atom. The van der Waals surface area contributed by atoms with Gasteiger partial charge in [-0.3, -0.25) is 4.79 Å². The smallest absolute Gasteiger partial charge is 0.259 e. The molecule has 1 aliphatic carbocycles. The van der Waals surface area contributed by atoms with Crippen LogP contribution in [0.5, 0.6) is 0 Å². The number of carbonyl (C=O) groups excluding carboxylic acids is 1. The minimum absolute atomic E-state index is 0.0472. The Balaban J connectivity index is 1.51. The van der Waals surface area contributed by atoms with E-state index < -0.39 is 0 Å². The summed E-state index contributed by atoms with van der Waals surface area (Å²) in [5.74, 6) is 0.504. The highest BCUT2D eigenvalue weighted by Crippen LogP contribution is 2.40. The average molecular weight is 358 g/mol. The van der Waals surface area contributed by atoms with Crippen LogP contribution in [0.1, 0.15) is 59.8 Å². The predicted octanol–water partition coefficient (Wildman–Crippen LogP) is 2.38. The van der Waals surface area contributed by atoms with Gasteiger partial charge in [0.1, 0.15) is 0 Å². The molecule has 2 aromatic heterocycles. The van der Waals surface area contributed by atoms with Crippen LogP contribution in [0.15, 0.2) is 10.6 Å². The molecule has 3 heterocycles. The van der Waals surface area contributed by atoms with E-state index in [1.54, 1.807) is 0 Å². The van der Waals surface area contributed by atoms with Gasteiger partial charge < -0.3 is 19.9 Å². The molecule has 1 aliphatic heterocycles. The van der Waals surface area contributed by atoms with Gasteiger partial charge in [-0.1, -0.05) is 5.16 Å². The molecule has 140 valence electrons. The fourth-order valence-corrected chi connectivity index (χ4v) is 3.60. The van der Waals surface area contributed by atoms with Crippen molar-refractivity contribution in [3.63, 3.8) is 0 Å². The number of likely N-dealkylation sites (tertiary alicyclic amines) is 1. The molecule has 2 aromatic rings. The molecule has 2 fully saturated rings. The SMILES string of the molecule is Cc1noc2nc(C3CC3)cc(C(=O)N3CCC(OCCCN)CC3)c12. The molecular weight excluding hydrogens is 332 g/mol. The maximum atomic E-state index is 13.2. The van der Waals surface area contributed by atoms with Crippen LogP contribution in [0.2, 0.25) is 0 Å². The zero-order valence-electron chi connectivity index (χ0n) is 15.2. The van der Waals surface area contributed by atoms with E-state index in [-0.39, 0.29) is 12.0 Å². The summed E-state index contributed by atoms with van der Waals surface area (Å²) in [6.07, 6.45) is 5.09. The Labute approximate surface area is 152 Å². The van der Waals surface area contributed by atoms with Crippen LogP contribution in [0.4, 0.5) is 0 Å². The molecule has 1 amide bonds. The number of piperidine rings is 1. The topological polar surface area (TPSA) is 94.5 Å². The van der Waals surface area contributed by atoms with E-state index in [2.05, 4.69) is 10.1 Å². The number of fused-ring (bicyclic) bond motifs is 1. The molecule has 1 saturated heterocycles. The Hall–Kier alpha value is -1.99. The molecule has 1 saturated carbocycles. The van der Waals surface area contributed by atoms with Gasteiger partial charge in [-0.25, -0.2) is 4.98 Å². The monoisotopic (exact) mass is 358 g/mol. The number of hydrogen-bond donors (Lipinski definition) is 1. The second kappa shape index (κ2) is 7.32. The normalized spacial score (nSPS) is 18.6. The van der Waals surface area contributed by atoms with Crippen LogP contribution in [-0.2, 0) is 4.74 Å².